The molecule has 1 atom stereocenters. The third kappa shape index (κ3) is 4.86. The van der Waals surface area contributed by atoms with Crippen molar-refractivity contribution >= 4 is 17.6 Å². The van der Waals surface area contributed by atoms with Gasteiger partial charge in [0.25, 0.3) is 0 Å². The van der Waals surface area contributed by atoms with Crippen LogP contribution in [0, 0.1) is 13.8 Å². The molecule has 1 rings (SSSR count). The van der Waals surface area contributed by atoms with Crippen LogP contribution < -0.4 is 10.6 Å². The van der Waals surface area contributed by atoms with E-state index < -0.39 is 11.5 Å². The van der Waals surface area contributed by atoms with Crippen LogP contribution in [-0.2, 0) is 9.59 Å². The minimum Gasteiger partial charge on any atom is -0.480 e. The molecule has 0 spiro atoms. The van der Waals surface area contributed by atoms with Crippen LogP contribution >= 0.6 is 0 Å². The van der Waals surface area contributed by atoms with Crippen molar-refractivity contribution < 1.29 is 14.7 Å². The Balaban J connectivity index is 2.63. The summed E-state index contributed by atoms with van der Waals surface area (Å²) < 4.78 is 0. The standard InChI is InChI=1S/C16H24N2O3/c1-5-8-16(4,15(20)21)17-10-14(19)18-13-7-6-11(2)9-12(13)3/h6-7,9,17H,5,8,10H2,1-4H3,(H,18,19)(H,20,21). The van der Waals surface area contributed by atoms with Crippen LogP contribution in [-0.4, -0.2) is 29.1 Å². The molecule has 0 heterocycles. The molecule has 21 heavy (non-hydrogen) atoms. The van der Waals surface area contributed by atoms with Crippen LogP contribution in [0.3, 0.4) is 0 Å². The van der Waals surface area contributed by atoms with Gasteiger partial charge in [-0.3, -0.25) is 14.9 Å². The first kappa shape index (κ1) is 17.2. The molecule has 0 radical (unpaired) electrons. The molecular weight excluding hydrogens is 268 g/mol. The Labute approximate surface area is 125 Å². The van der Waals surface area contributed by atoms with Gasteiger partial charge in [-0.1, -0.05) is 31.0 Å². The molecule has 0 aromatic heterocycles. The number of amides is 1. The summed E-state index contributed by atoms with van der Waals surface area (Å²) in [5.74, 6) is -1.19. The molecular formula is C16H24N2O3. The van der Waals surface area contributed by atoms with Crippen molar-refractivity contribution in [2.75, 3.05) is 11.9 Å². The first-order valence-electron chi connectivity index (χ1n) is 7.14. The smallest absolute Gasteiger partial charge is 0.323 e. The third-order valence-corrected chi connectivity index (χ3v) is 3.52. The third-order valence-electron chi connectivity index (χ3n) is 3.52. The number of benzene rings is 1. The van der Waals surface area contributed by atoms with E-state index >= 15 is 0 Å². The summed E-state index contributed by atoms with van der Waals surface area (Å²) in [6, 6.07) is 5.76. The average molecular weight is 292 g/mol. The number of carboxylic acids is 1. The molecule has 0 saturated heterocycles. The second kappa shape index (κ2) is 7.22. The van der Waals surface area contributed by atoms with Gasteiger partial charge < -0.3 is 10.4 Å². The second-order valence-corrected chi connectivity index (χ2v) is 5.61. The summed E-state index contributed by atoms with van der Waals surface area (Å²) >= 11 is 0. The molecule has 5 heteroatoms. The highest BCUT2D eigenvalue weighted by molar-refractivity contribution is 5.93. The lowest BCUT2D eigenvalue weighted by Gasteiger charge is -2.25. The van der Waals surface area contributed by atoms with Crippen molar-refractivity contribution in [3.05, 3.63) is 29.3 Å². The molecule has 0 aliphatic rings. The van der Waals surface area contributed by atoms with Crippen molar-refractivity contribution in [3.8, 4) is 0 Å². The van der Waals surface area contributed by atoms with E-state index in [2.05, 4.69) is 10.6 Å². The number of rotatable bonds is 7. The highest BCUT2D eigenvalue weighted by Crippen LogP contribution is 2.16. The van der Waals surface area contributed by atoms with Gasteiger partial charge in [-0.2, -0.15) is 0 Å². The monoisotopic (exact) mass is 292 g/mol. The Hall–Kier alpha value is -1.88. The molecule has 1 amide bonds. The van der Waals surface area contributed by atoms with E-state index in [1.807, 2.05) is 39.0 Å². The molecule has 116 valence electrons. The molecule has 0 bridgehead atoms. The van der Waals surface area contributed by atoms with Crippen LogP contribution in [0.4, 0.5) is 5.69 Å². The lowest BCUT2D eigenvalue weighted by Crippen LogP contribution is -2.51. The van der Waals surface area contributed by atoms with Crippen LogP contribution in [0.5, 0.6) is 0 Å². The van der Waals surface area contributed by atoms with E-state index in [-0.39, 0.29) is 12.5 Å². The summed E-state index contributed by atoms with van der Waals surface area (Å²) in [6.45, 7) is 7.40. The molecule has 5 nitrogen and oxygen atoms in total. The Morgan fingerprint density at radius 1 is 1.29 bits per heavy atom. The lowest BCUT2D eigenvalue weighted by atomic mass is 9.96. The van der Waals surface area contributed by atoms with Crippen molar-refractivity contribution in [1.29, 1.82) is 0 Å². The van der Waals surface area contributed by atoms with Gasteiger partial charge in [0.1, 0.15) is 5.54 Å². The summed E-state index contributed by atoms with van der Waals surface area (Å²) in [7, 11) is 0. The predicted molar refractivity (Wildman–Crippen MR) is 83.5 cm³/mol. The number of carbonyl (C=O) groups is 2. The van der Waals surface area contributed by atoms with Crippen LogP contribution in [0.25, 0.3) is 0 Å². The van der Waals surface area contributed by atoms with Gasteiger partial charge in [0.15, 0.2) is 0 Å². The van der Waals surface area contributed by atoms with Crippen LogP contribution in [0.2, 0.25) is 0 Å². The van der Waals surface area contributed by atoms with E-state index in [9.17, 15) is 14.7 Å². The van der Waals surface area contributed by atoms with Gasteiger partial charge in [-0.25, -0.2) is 0 Å². The van der Waals surface area contributed by atoms with Crippen molar-refractivity contribution in [2.45, 2.75) is 46.1 Å². The number of carbonyl (C=O) groups excluding carboxylic acids is 1. The molecule has 1 unspecified atom stereocenters. The number of nitrogens with one attached hydrogen (secondary N) is 2. The fourth-order valence-electron chi connectivity index (χ4n) is 2.19. The van der Waals surface area contributed by atoms with Gasteiger partial charge >= 0.3 is 5.97 Å². The van der Waals surface area contributed by atoms with Gasteiger partial charge in [0.2, 0.25) is 5.91 Å². The zero-order chi connectivity index (χ0) is 16.0. The minimum absolute atomic E-state index is 0.0316. The zero-order valence-corrected chi connectivity index (χ0v) is 13.1. The number of anilines is 1. The Bertz CT molecular complexity index is 528. The summed E-state index contributed by atoms with van der Waals surface area (Å²) in [4.78, 5) is 23.2. The fraction of sp³-hybridized carbons (Fsp3) is 0.500. The summed E-state index contributed by atoms with van der Waals surface area (Å²) in [6.07, 6.45) is 1.20. The lowest BCUT2D eigenvalue weighted by molar-refractivity contribution is -0.144. The summed E-state index contributed by atoms with van der Waals surface area (Å²) in [5, 5.41) is 14.9. The quantitative estimate of drug-likeness (QED) is 0.721. The number of aryl methyl sites for hydroxylation is 2. The fourth-order valence-corrected chi connectivity index (χ4v) is 2.19. The van der Waals surface area contributed by atoms with E-state index in [1.54, 1.807) is 6.92 Å². The molecule has 1 aromatic carbocycles. The van der Waals surface area contributed by atoms with Crippen molar-refractivity contribution in [2.24, 2.45) is 0 Å². The van der Waals surface area contributed by atoms with Gasteiger partial charge in [0, 0.05) is 5.69 Å². The zero-order valence-electron chi connectivity index (χ0n) is 13.1. The number of carboxylic acid groups (broad SMARTS) is 1. The molecule has 0 aliphatic heterocycles. The normalized spacial score (nSPS) is 13.5. The van der Waals surface area contributed by atoms with E-state index in [4.69, 9.17) is 0 Å². The number of aliphatic carboxylic acids is 1. The average Bonchev–Trinajstić information content (AvgIpc) is 2.40. The van der Waals surface area contributed by atoms with Gasteiger partial charge in [0.05, 0.1) is 6.54 Å². The Kier molecular flexibility index (Phi) is 5.90. The maximum atomic E-state index is 12.0. The van der Waals surface area contributed by atoms with Crippen LogP contribution in [0.1, 0.15) is 37.8 Å². The molecule has 0 saturated carbocycles. The summed E-state index contributed by atoms with van der Waals surface area (Å²) in [5.41, 5.74) is 1.79. The first-order chi connectivity index (χ1) is 9.78. The maximum Gasteiger partial charge on any atom is 0.323 e. The van der Waals surface area contributed by atoms with E-state index in [0.29, 0.717) is 6.42 Å². The second-order valence-electron chi connectivity index (χ2n) is 5.61. The molecule has 0 fully saturated rings. The molecule has 1 aromatic rings. The Morgan fingerprint density at radius 2 is 1.95 bits per heavy atom. The largest absolute Gasteiger partial charge is 0.480 e. The molecule has 3 N–H and O–H groups in total. The highest BCUT2D eigenvalue weighted by atomic mass is 16.4. The number of hydrogen-bond donors (Lipinski definition) is 3. The number of hydrogen-bond acceptors (Lipinski definition) is 3. The maximum absolute atomic E-state index is 12.0. The van der Waals surface area contributed by atoms with Crippen LogP contribution in [0.15, 0.2) is 18.2 Å². The van der Waals surface area contributed by atoms with Gasteiger partial charge in [-0.15, -0.1) is 0 Å². The van der Waals surface area contributed by atoms with E-state index in [1.165, 1.54) is 0 Å². The van der Waals surface area contributed by atoms with Crippen molar-refractivity contribution in [1.82, 2.24) is 5.32 Å². The molecule has 0 aliphatic carbocycles. The minimum atomic E-state index is -1.07. The van der Waals surface area contributed by atoms with E-state index in [0.717, 1.165) is 23.2 Å². The highest BCUT2D eigenvalue weighted by Gasteiger charge is 2.31. The first-order valence-corrected chi connectivity index (χ1v) is 7.14. The Morgan fingerprint density at radius 3 is 2.48 bits per heavy atom. The van der Waals surface area contributed by atoms with Crippen molar-refractivity contribution in [3.63, 3.8) is 0 Å². The SMILES string of the molecule is CCCC(C)(NCC(=O)Nc1ccc(C)cc1C)C(=O)O. The van der Waals surface area contributed by atoms with Gasteiger partial charge in [-0.05, 0) is 38.8 Å². The topological polar surface area (TPSA) is 78.4 Å². The predicted octanol–water partition coefficient (Wildman–Crippen LogP) is 2.47.